The summed E-state index contributed by atoms with van der Waals surface area (Å²) >= 11 is 0. The van der Waals surface area contributed by atoms with Gasteiger partial charge in [0.15, 0.2) is 0 Å². The Labute approximate surface area is 244 Å². The summed E-state index contributed by atoms with van der Waals surface area (Å²) in [6.45, 7) is 3.21. The van der Waals surface area contributed by atoms with Gasteiger partial charge in [0.1, 0.15) is 17.6 Å². The second kappa shape index (κ2) is 10.6. The second-order valence-corrected chi connectivity index (χ2v) is 13.7. The van der Waals surface area contributed by atoms with Gasteiger partial charge < -0.3 is 14.4 Å². The van der Waals surface area contributed by atoms with Crippen LogP contribution in [0.1, 0.15) is 24.0 Å². The number of piperazine rings is 1. The van der Waals surface area contributed by atoms with Crippen molar-refractivity contribution in [3.63, 3.8) is 0 Å². The third-order valence-corrected chi connectivity index (χ3v) is 10.6. The maximum atomic E-state index is 11.7. The summed E-state index contributed by atoms with van der Waals surface area (Å²) in [5.74, 6) is 3.41. The Hall–Kier alpha value is -4.21. The summed E-state index contributed by atoms with van der Waals surface area (Å²) < 4.78 is 32.2. The Morgan fingerprint density at radius 1 is 1.12 bits per heavy atom. The molecule has 0 saturated carbocycles. The molecule has 2 bridgehead atoms. The maximum absolute atomic E-state index is 11.7. The van der Waals surface area contributed by atoms with Gasteiger partial charge in [-0.15, -0.1) is 0 Å². The molecule has 4 aromatic rings. The molecule has 0 aliphatic carbocycles. The van der Waals surface area contributed by atoms with Gasteiger partial charge in [0.05, 0.1) is 37.2 Å². The van der Waals surface area contributed by atoms with E-state index in [4.69, 9.17) is 19.2 Å². The molecule has 42 heavy (non-hydrogen) atoms. The quantitative estimate of drug-likeness (QED) is 0.313. The van der Waals surface area contributed by atoms with E-state index in [1.165, 1.54) is 12.0 Å². The minimum atomic E-state index is -2.35. The van der Waals surface area contributed by atoms with Gasteiger partial charge in [0, 0.05) is 82.5 Å². The van der Waals surface area contributed by atoms with Gasteiger partial charge in [-0.25, -0.2) is 18.7 Å². The molecule has 4 saturated heterocycles. The highest BCUT2D eigenvalue weighted by Crippen LogP contribution is 2.37. The van der Waals surface area contributed by atoms with Crippen LogP contribution in [0.4, 0.5) is 5.82 Å². The molecule has 1 N–H and O–H groups in total. The first-order chi connectivity index (χ1) is 20.4. The van der Waals surface area contributed by atoms with Crippen LogP contribution < -0.4 is 14.4 Å². The van der Waals surface area contributed by atoms with E-state index in [1.54, 1.807) is 24.0 Å². The minimum Gasteiger partial charge on any atom is -0.492 e. The van der Waals surface area contributed by atoms with Crippen LogP contribution in [0.3, 0.4) is 0 Å². The van der Waals surface area contributed by atoms with E-state index in [2.05, 4.69) is 44.2 Å². The third-order valence-electron chi connectivity index (χ3n) is 8.61. The lowest BCUT2D eigenvalue weighted by Crippen LogP contribution is -2.68. The summed E-state index contributed by atoms with van der Waals surface area (Å²) in [6.07, 6.45) is 9.06. The fourth-order valence-corrected chi connectivity index (χ4v) is 8.16. The summed E-state index contributed by atoms with van der Waals surface area (Å²) in [5.41, 5.74) is 4.12. The molecule has 2 unspecified atom stereocenters. The number of hydrogen-bond donors (Lipinski definition) is 1. The molecule has 0 amide bonds. The molecule has 0 radical (unpaired) electrons. The summed E-state index contributed by atoms with van der Waals surface area (Å²) in [6, 6.07) is 13.3. The zero-order valence-electron chi connectivity index (χ0n) is 23.3. The average Bonchev–Trinajstić information content (AvgIpc) is 3.42. The first-order valence-corrected chi connectivity index (χ1v) is 16.0. The van der Waals surface area contributed by atoms with E-state index in [-0.39, 0.29) is 5.92 Å². The van der Waals surface area contributed by atoms with Crippen LogP contribution in [0, 0.1) is 22.0 Å². The van der Waals surface area contributed by atoms with Gasteiger partial charge in [-0.1, -0.05) is 6.07 Å². The number of nitrogens with zero attached hydrogens (tertiary/aromatic N) is 7. The van der Waals surface area contributed by atoms with Gasteiger partial charge in [-0.2, -0.15) is 10.4 Å². The second-order valence-electron chi connectivity index (χ2n) is 11.4. The smallest absolute Gasteiger partial charge is 0.212 e. The van der Waals surface area contributed by atoms with Crippen molar-refractivity contribution in [1.29, 1.82) is 10.0 Å². The van der Waals surface area contributed by atoms with E-state index in [0.29, 0.717) is 47.4 Å². The molecular weight excluding hydrogens is 552 g/mol. The molecule has 4 aromatic heterocycles. The Balaban J connectivity index is 1.05. The van der Waals surface area contributed by atoms with E-state index < -0.39 is 9.73 Å². The van der Waals surface area contributed by atoms with Crippen LogP contribution in [0.5, 0.6) is 11.6 Å². The molecule has 4 fully saturated rings. The Morgan fingerprint density at radius 2 is 1.95 bits per heavy atom. The monoisotopic (exact) mass is 584 g/mol. The number of aromatic nitrogens is 4. The van der Waals surface area contributed by atoms with Crippen molar-refractivity contribution >= 4 is 21.1 Å². The molecule has 0 spiro atoms. The van der Waals surface area contributed by atoms with Crippen molar-refractivity contribution in [3.8, 4) is 28.8 Å². The van der Waals surface area contributed by atoms with Crippen LogP contribution in [0.15, 0.2) is 55.1 Å². The topological polar surface area (TPSA) is 133 Å². The van der Waals surface area contributed by atoms with Crippen molar-refractivity contribution in [2.75, 3.05) is 43.2 Å². The first-order valence-electron chi connectivity index (χ1n) is 14.1. The van der Waals surface area contributed by atoms with Crippen molar-refractivity contribution in [3.05, 3.63) is 66.2 Å². The number of hydrogen-bond acceptors (Lipinski definition) is 10. The maximum Gasteiger partial charge on any atom is 0.212 e. The normalized spacial score (nSPS) is 25.0. The highest BCUT2D eigenvalue weighted by atomic mass is 32.2. The SMILES string of the molecule is COc1ccc(CN2C3CC2CN(c2ccc(-c4cc(OCCC5CS(=N)(=O)C5)cn5ncc(C#N)c45)cn2)C3)cn1. The van der Waals surface area contributed by atoms with E-state index in [9.17, 15) is 9.47 Å². The van der Waals surface area contributed by atoms with Gasteiger partial charge >= 0.3 is 0 Å². The molecular formula is C30H32N8O3S. The first kappa shape index (κ1) is 26.7. The predicted molar refractivity (Wildman–Crippen MR) is 158 cm³/mol. The van der Waals surface area contributed by atoms with E-state index >= 15 is 0 Å². The summed E-state index contributed by atoms with van der Waals surface area (Å²) in [5, 5.41) is 14.1. The number of nitrogens with one attached hydrogen (secondary N) is 1. The number of piperidine rings is 1. The molecule has 216 valence electrons. The van der Waals surface area contributed by atoms with Crippen molar-refractivity contribution in [2.45, 2.75) is 31.5 Å². The number of nitriles is 1. The number of methoxy groups -OCH3 is 1. The molecule has 8 rings (SSSR count). The fourth-order valence-electron chi connectivity index (χ4n) is 6.40. The predicted octanol–water partition coefficient (Wildman–Crippen LogP) is 3.58. The lowest BCUT2D eigenvalue weighted by Gasteiger charge is -2.56. The lowest BCUT2D eigenvalue weighted by molar-refractivity contribution is -0.00876. The molecule has 0 aromatic carbocycles. The van der Waals surface area contributed by atoms with Crippen LogP contribution in [0.2, 0.25) is 0 Å². The molecule has 11 nitrogen and oxygen atoms in total. The zero-order valence-corrected chi connectivity index (χ0v) is 24.2. The van der Waals surface area contributed by atoms with E-state index in [1.807, 2.05) is 24.5 Å². The fraction of sp³-hybridized carbons (Fsp3) is 0.400. The van der Waals surface area contributed by atoms with Crippen molar-refractivity contribution < 1.29 is 13.7 Å². The number of rotatable bonds is 9. The van der Waals surface area contributed by atoms with Crippen molar-refractivity contribution in [1.82, 2.24) is 24.5 Å². The van der Waals surface area contributed by atoms with Crippen LogP contribution in [-0.2, 0) is 16.3 Å². The number of fused-ring (bicyclic) bond motifs is 3. The van der Waals surface area contributed by atoms with Gasteiger partial charge in [-0.05, 0) is 42.5 Å². The molecule has 4 aliphatic rings. The number of pyridine rings is 3. The molecule has 12 heteroatoms. The average molecular weight is 585 g/mol. The molecule has 4 aliphatic heterocycles. The van der Waals surface area contributed by atoms with Gasteiger partial charge in [0.2, 0.25) is 5.88 Å². The molecule has 8 heterocycles. The zero-order chi connectivity index (χ0) is 28.8. The largest absolute Gasteiger partial charge is 0.492 e. The standard InChI is InChI=1S/C30H32N8O3S/c1-40-29-5-2-20(11-34-29)14-37-24-8-25(37)16-36(15-24)28-4-3-22(12-33-28)27-9-26(17-38-30(27)23(10-31)13-35-38)41-7-6-21-18-42(32,39)19-21/h2-5,9,11-13,17,21,24-25,32H,6-8,14-16,18-19H2,1H3. The Bertz CT molecular complexity index is 1740. The molecule has 2 atom stereocenters. The third kappa shape index (κ3) is 5.03. The van der Waals surface area contributed by atoms with Gasteiger partial charge in [-0.3, -0.25) is 9.68 Å². The van der Waals surface area contributed by atoms with Crippen LogP contribution in [0.25, 0.3) is 16.6 Å². The Kier molecular flexibility index (Phi) is 6.71. The van der Waals surface area contributed by atoms with Crippen LogP contribution in [-0.4, -0.2) is 79.1 Å². The van der Waals surface area contributed by atoms with Gasteiger partial charge in [0.25, 0.3) is 0 Å². The van der Waals surface area contributed by atoms with E-state index in [0.717, 1.165) is 48.5 Å². The summed E-state index contributed by atoms with van der Waals surface area (Å²) in [7, 11) is -0.718. The highest BCUT2D eigenvalue weighted by molar-refractivity contribution is 7.93. The van der Waals surface area contributed by atoms with Crippen molar-refractivity contribution in [2.24, 2.45) is 5.92 Å². The lowest BCUT2D eigenvalue weighted by atomic mass is 9.87. The summed E-state index contributed by atoms with van der Waals surface area (Å²) in [4.78, 5) is 14.1. The minimum absolute atomic E-state index is 0.275. The highest BCUT2D eigenvalue weighted by Gasteiger charge is 2.44. The number of ether oxygens (including phenoxy) is 2. The number of anilines is 1. The Morgan fingerprint density at radius 3 is 2.62 bits per heavy atom. The van der Waals surface area contributed by atoms with Crippen LogP contribution >= 0.6 is 0 Å².